The van der Waals surface area contributed by atoms with Crippen molar-refractivity contribution in [1.82, 2.24) is 5.32 Å². The molecule has 0 amide bonds. The van der Waals surface area contributed by atoms with E-state index >= 15 is 0 Å². The van der Waals surface area contributed by atoms with Crippen molar-refractivity contribution >= 4 is 0 Å². The van der Waals surface area contributed by atoms with Gasteiger partial charge in [-0.3, -0.25) is 0 Å². The molecular formula is C16H25NO2. The molecular weight excluding hydrogens is 238 g/mol. The third-order valence-corrected chi connectivity index (χ3v) is 3.91. The fourth-order valence-electron chi connectivity index (χ4n) is 2.66. The normalized spacial score (nSPS) is 22.4. The van der Waals surface area contributed by atoms with Gasteiger partial charge >= 0.3 is 0 Å². The summed E-state index contributed by atoms with van der Waals surface area (Å²) in [5.74, 6) is 0. The fraction of sp³-hybridized carbons (Fsp3) is 0.625. The van der Waals surface area contributed by atoms with Gasteiger partial charge in [-0.15, -0.1) is 0 Å². The molecule has 1 aliphatic rings. The molecule has 1 fully saturated rings. The Morgan fingerprint density at radius 2 is 2.21 bits per heavy atom. The zero-order valence-corrected chi connectivity index (χ0v) is 12.1. The first-order chi connectivity index (χ1) is 9.08. The molecule has 0 bridgehead atoms. The number of aliphatic hydroxyl groups excluding tert-OH is 1. The molecule has 1 heterocycles. The van der Waals surface area contributed by atoms with Crippen molar-refractivity contribution in [1.29, 1.82) is 0 Å². The van der Waals surface area contributed by atoms with Crippen LogP contribution in [-0.2, 0) is 4.74 Å². The lowest BCUT2D eigenvalue weighted by Crippen LogP contribution is -2.37. The molecule has 1 aliphatic heterocycles. The van der Waals surface area contributed by atoms with Crippen LogP contribution in [0, 0.1) is 13.8 Å². The summed E-state index contributed by atoms with van der Waals surface area (Å²) in [6.45, 7) is 7.85. The van der Waals surface area contributed by atoms with Gasteiger partial charge in [-0.2, -0.15) is 0 Å². The monoisotopic (exact) mass is 263 g/mol. The molecule has 1 saturated heterocycles. The molecule has 19 heavy (non-hydrogen) atoms. The minimum atomic E-state index is -0.470. The highest BCUT2D eigenvalue weighted by Crippen LogP contribution is 2.22. The average Bonchev–Trinajstić information content (AvgIpc) is 2.88. The predicted molar refractivity (Wildman–Crippen MR) is 77.3 cm³/mol. The van der Waals surface area contributed by atoms with E-state index in [2.05, 4.69) is 31.3 Å². The van der Waals surface area contributed by atoms with Crippen LogP contribution in [0.4, 0.5) is 0 Å². The summed E-state index contributed by atoms with van der Waals surface area (Å²) in [6.07, 6.45) is 2.12. The van der Waals surface area contributed by atoms with Crippen molar-refractivity contribution in [2.75, 3.05) is 13.2 Å². The Hall–Kier alpha value is -0.900. The highest BCUT2D eigenvalue weighted by molar-refractivity contribution is 5.32. The third-order valence-electron chi connectivity index (χ3n) is 3.91. The van der Waals surface area contributed by atoms with E-state index < -0.39 is 6.10 Å². The average molecular weight is 263 g/mol. The second kappa shape index (κ2) is 6.51. The zero-order valence-electron chi connectivity index (χ0n) is 12.1. The van der Waals surface area contributed by atoms with Gasteiger partial charge in [-0.25, -0.2) is 0 Å². The van der Waals surface area contributed by atoms with Crippen molar-refractivity contribution in [3.05, 3.63) is 34.9 Å². The van der Waals surface area contributed by atoms with Gasteiger partial charge in [0.2, 0.25) is 0 Å². The number of nitrogens with one attached hydrogen (secondary N) is 1. The summed E-state index contributed by atoms with van der Waals surface area (Å²) >= 11 is 0. The standard InChI is InChI=1S/C16H25NO2/c1-11-6-7-15(12(2)9-11)16(18)13(3)17-10-14-5-4-8-19-14/h6-7,9,13-14,16-18H,4-5,8,10H2,1-3H3. The number of benzene rings is 1. The molecule has 0 radical (unpaired) electrons. The van der Waals surface area contributed by atoms with Crippen molar-refractivity contribution in [3.8, 4) is 0 Å². The smallest absolute Gasteiger partial charge is 0.0942 e. The topological polar surface area (TPSA) is 41.5 Å². The minimum absolute atomic E-state index is 0.0330. The maximum absolute atomic E-state index is 10.4. The summed E-state index contributed by atoms with van der Waals surface area (Å²) in [7, 11) is 0. The van der Waals surface area contributed by atoms with Gasteiger partial charge in [0.05, 0.1) is 12.2 Å². The number of hydrogen-bond donors (Lipinski definition) is 2. The maximum Gasteiger partial charge on any atom is 0.0942 e. The SMILES string of the molecule is Cc1ccc(C(O)C(C)NCC2CCCO2)c(C)c1. The van der Waals surface area contributed by atoms with Gasteiger partial charge in [0.25, 0.3) is 0 Å². The van der Waals surface area contributed by atoms with Crippen LogP contribution >= 0.6 is 0 Å². The van der Waals surface area contributed by atoms with Gasteiger partial charge < -0.3 is 15.2 Å². The summed E-state index contributed by atoms with van der Waals surface area (Å²) in [5.41, 5.74) is 3.39. The molecule has 3 unspecified atom stereocenters. The number of ether oxygens (including phenoxy) is 1. The molecule has 3 atom stereocenters. The highest BCUT2D eigenvalue weighted by Gasteiger charge is 2.21. The lowest BCUT2D eigenvalue weighted by atomic mass is 9.97. The van der Waals surface area contributed by atoms with Crippen molar-refractivity contribution < 1.29 is 9.84 Å². The van der Waals surface area contributed by atoms with Crippen LogP contribution in [0.1, 0.15) is 42.6 Å². The second-order valence-corrected chi connectivity index (χ2v) is 5.64. The number of rotatable bonds is 5. The molecule has 1 aromatic rings. The lowest BCUT2D eigenvalue weighted by molar-refractivity contribution is 0.0909. The number of hydrogen-bond acceptors (Lipinski definition) is 3. The molecule has 3 nitrogen and oxygen atoms in total. The Morgan fingerprint density at radius 1 is 1.42 bits per heavy atom. The summed E-state index contributed by atoms with van der Waals surface area (Å²) in [5, 5.41) is 13.8. The fourth-order valence-corrected chi connectivity index (χ4v) is 2.66. The van der Waals surface area contributed by atoms with Crippen LogP contribution in [0.25, 0.3) is 0 Å². The van der Waals surface area contributed by atoms with Crippen molar-refractivity contribution in [2.45, 2.75) is 51.9 Å². The number of aliphatic hydroxyl groups is 1. The number of aryl methyl sites for hydroxylation is 2. The third kappa shape index (κ3) is 3.78. The predicted octanol–water partition coefficient (Wildman–Crippen LogP) is 2.49. The van der Waals surface area contributed by atoms with Crippen LogP contribution < -0.4 is 5.32 Å². The van der Waals surface area contributed by atoms with Crippen LogP contribution in [-0.4, -0.2) is 30.4 Å². The molecule has 2 N–H and O–H groups in total. The van der Waals surface area contributed by atoms with Gasteiger partial charge in [-0.1, -0.05) is 23.8 Å². The summed E-state index contributed by atoms with van der Waals surface area (Å²) < 4.78 is 5.58. The van der Waals surface area contributed by atoms with E-state index in [0.717, 1.165) is 37.1 Å². The first-order valence-corrected chi connectivity index (χ1v) is 7.18. The minimum Gasteiger partial charge on any atom is -0.387 e. The van der Waals surface area contributed by atoms with Gasteiger partial charge in [0.15, 0.2) is 0 Å². The van der Waals surface area contributed by atoms with Crippen LogP contribution in [0.2, 0.25) is 0 Å². The second-order valence-electron chi connectivity index (χ2n) is 5.64. The Kier molecular flexibility index (Phi) is 4.97. The lowest BCUT2D eigenvalue weighted by Gasteiger charge is -2.23. The van der Waals surface area contributed by atoms with Crippen LogP contribution in [0.15, 0.2) is 18.2 Å². The zero-order chi connectivity index (χ0) is 13.8. The van der Waals surface area contributed by atoms with E-state index in [1.165, 1.54) is 5.56 Å². The van der Waals surface area contributed by atoms with E-state index in [9.17, 15) is 5.11 Å². The van der Waals surface area contributed by atoms with Gasteiger partial charge in [0, 0.05) is 19.2 Å². The quantitative estimate of drug-likeness (QED) is 0.857. The van der Waals surface area contributed by atoms with Crippen LogP contribution in [0.5, 0.6) is 0 Å². The Morgan fingerprint density at radius 3 is 2.84 bits per heavy atom. The Bertz CT molecular complexity index is 413. The molecule has 3 heteroatoms. The molecule has 0 aromatic heterocycles. The summed E-state index contributed by atoms with van der Waals surface area (Å²) in [4.78, 5) is 0. The van der Waals surface area contributed by atoms with E-state index in [0.29, 0.717) is 6.10 Å². The molecule has 106 valence electrons. The van der Waals surface area contributed by atoms with Gasteiger partial charge in [-0.05, 0) is 44.7 Å². The maximum atomic E-state index is 10.4. The van der Waals surface area contributed by atoms with Crippen molar-refractivity contribution in [3.63, 3.8) is 0 Å². The van der Waals surface area contributed by atoms with E-state index in [1.54, 1.807) is 0 Å². The molecule has 0 saturated carbocycles. The molecule has 0 spiro atoms. The highest BCUT2D eigenvalue weighted by atomic mass is 16.5. The largest absolute Gasteiger partial charge is 0.387 e. The van der Waals surface area contributed by atoms with E-state index in [-0.39, 0.29) is 6.04 Å². The first-order valence-electron chi connectivity index (χ1n) is 7.18. The molecule has 2 rings (SSSR count). The Balaban J connectivity index is 1.91. The van der Waals surface area contributed by atoms with Gasteiger partial charge in [0.1, 0.15) is 0 Å². The van der Waals surface area contributed by atoms with E-state index in [1.807, 2.05) is 13.0 Å². The Labute approximate surface area is 116 Å². The molecule has 1 aromatic carbocycles. The van der Waals surface area contributed by atoms with Crippen LogP contribution in [0.3, 0.4) is 0 Å². The van der Waals surface area contributed by atoms with E-state index in [4.69, 9.17) is 4.74 Å². The first kappa shape index (κ1) is 14.5. The van der Waals surface area contributed by atoms with Crippen molar-refractivity contribution in [2.24, 2.45) is 0 Å². The molecule has 0 aliphatic carbocycles. The summed E-state index contributed by atoms with van der Waals surface area (Å²) in [6, 6.07) is 6.23.